The Morgan fingerprint density at radius 1 is 1.15 bits per heavy atom. The second kappa shape index (κ2) is 4.94. The Bertz CT molecular complexity index is 740. The van der Waals surface area contributed by atoms with Gasteiger partial charge in [-0.1, -0.05) is 6.07 Å². The first-order valence-corrected chi connectivity index (χ1v) is 6.55. The van der Waals surface area contributed by atoms with E-state index in [0.717, 1.165) is 22.8 Å². The third-order valence-corrected chi connectivity index (χ3v) is 3.07. The van der Waals surface area contributed by atoms with E-state index in [1.165, 1.54) is 11.1 Å². The van der Waals surface area contributed by atoms with Gasteiger partial charge in [0.15, 0.2) is 11.5 Å². The summed E-state index contributed by atoms with van der Waals surface area (Å²) in [5, 5.41) is 7.80. The fraction of sp³-hybridized carbons (Fsp3) is 0.200. The number of hydrogen-bond donors (Lipinski definition) is 2. The van der Waals surface area contributed by atoms with Crippen molar-refractivity contribution in [2.24, 2.45) is 5.73 Å². The highest BCUT2D eigenvalue weighted by Gasteiger charge is 2.03. The summed E-state index contributed by atoms with van der Waals surface area (Å²) in [6.07, 6.45) is 1.85. The topological polar surface area (TPSA) is 68.2 Å². The Balaban J connectivity index is 1.93. The average molecular weight is 267 g/mol. The zero-order chi connectivity index (χ0) is 14.1. The SMILES string of the molecule is Cc1cc(C)cc(Nc2ccc3nc(CN)cn3n2)c1. The molecule has 20 heavy (non-hydrogen) atoms. The lowest BCUT2D eigenvalue weighted by Gasteiger charge is -2.08. The fourth-order valence-corrected chi connectivity index (χ4v) is 2.29. The number of fused-ring (bicyclic) bond motifs is 1. The normalized spacial score (nSPS) is 10.9. The van der Waals surface area contributed by atoms with Gasteiger partial charge in [0.05, 0.1) is 11.9 Å². The average Bonchev–Trinajstić information content (AvgIpc) is 2.79. The Hall–Kier alpha value is -2.40. The summed E-state index contributed by atoms with van der Waals surface area (Å²) < 4.78 is 1.74. The number of nitrogens with zero attached hydrogens (tertiary/aromatic N) is 3. The van der Waals surface area contributed by atoms with Crippen molar-refractivity contribution in [3.8, 4) is 0 Å². The molecule has 2 heterocycles. The molecular formula is C15H17N5. The minimum absolute atomic E-state index is 0.420. The highest BCUT2D eigenvalue weighted by atomic mass is 15.3. The largest absolute Gasteiger partial charge is 0.339 e. The number of aromatic nitrogens is 3. The van der Waals surface area contributed by atoms with Crippen LogP contribution in [0.3, 0.4) is 0 Å². The van der Waals surface area contributed by atoms with Gasteiger partial charge in [-0.3, -0.25) is 0 Å². The number of hydrogen-bond acceptors (Lipinski definition) is 4. The standard InChI is InChI=1S/C15H17N5/c1-10-5-11(2)7-12(6-10)17-14-3-4-15-18-13(8-16)9-20(15)19-14/h3-7,9H,8,16H2,1-2H3,(H,17,19). The molecular weight excluding hydrogens is 250 g/mol. The molecule has 0 atom stereocenters. The van der Waals surface area contributed by atoms with Crippen molar-refractivity contribution in [3.05, 3.63) is 53.3 Å². The highest BCUT2D eigenvalue weighted by Crippen LogP contribution is 2.18. The molecule has 5 nitrogen and oxygen atoms in total. The van der Waals surface area contributed by atoms with E-state index in [-0.39, 0.29) is 0 Å². The zero-order valence-electron chi connectivity index (χ0n) is 11.6. The third kappa shape index (κ3) is 2.48. The maximum Gasteiger partial charge on any atom is 0.153 e. The quantitative estimate of drug-likeness (QED) is 0.765. The minimum Gasteiger partial charge on any atom is -0.339 e. The lowest BCUT2D eigenvalue weighted by molar-refractivity contribution is 0.934. The predicted molar refractivity (Wildman–Crippen MR) is 80.1 cm³/mol. The van der Waals surface area contributed by atoms with E-state index in [2.05, 4.69) is 47.4 Å². The van der Waals surface area contributed by atoms with Crippen LogP contribution in [0.1, 0.15) is 16.8 Å². The molecule has 0 saturated heterocycles. The van der Waals surface area contributed by atoms with E-state index in [0.29, 0.717) is 6.54 Å². The lowest BCUT2D eigenvalue weighted by atomic mass is 10.1. The summed E-state index contributed by atoms with van der Waals surface area (Å²) in [5.41, 5.74) is 10.7. The van der Waals surface area contributed by atoms with Crippen molar-refractivity contribution >= 4 is 17.2 Å². The Kier molecular flexibility index (Phi) is 3.12. The summed E-state index contributed by atoms with van der Waals surface area (Å²) in [6, 6.07) is 10.2. The number of imidazole rings is 1. The lowest BCUT2D eigenvalue weighted by Crippen LogP contribution is -1.99. The van der Waals surface area contributed by atoms with Gasteiger partial charge in [0.25, 0.3) is 0 Å². The molecule has 0 fully saturated rings. The number of anilines is 2. The van der Waals surface area contributed by atoms with Crippen molar-refractivity contribution in [2.75, 3.05) is 5.32 Å². The van der Waals surface area contributed by atoms with Gasteiger partial charge in [-0.25, -0.2) is 9.50 Å². The van der Waals surface area contributed by atoms with Crippen LogP contribution in [0.5, 0.6) is 0 Å². The van der Waals surface area contributed by atoms with Gasteiger partial charge in [0, 0.05) is 12.2 Å². The maximum absolute atomic E-state index is 5.59. The van der Waals surface area contributed by atoms with Gasteiger partial charge in [-0.05, 0) is 49.2 Å². The van der Waals surface area contributed by atoms with Gasteiger partial charge in [0.1, 0.15) is 0 Å². The Morgan fingerprint density at radius 2 is 1.90 bits per heavy atom. The first-order chi connectivity index (χ1) is 9.64. The summed E-state index contributed by atoms with van der Waals surface area (Å²) in [4.78, 5) is 4.36. The predicted octanol–water partition coefficient (Wildman–Crippen LogP) is 2.55. The van der Waals surface area contributed by atoms with E-state index < -0.39 is 0 Å². The second-order valence-corrected chi connectivity index (χ2v) is 4.96. The first kappa shape index (κ1) is 12.6. The van der Waals surface area contributed by atoms with Crippen molar-refractivity contribution in [2.45, 2.75) is 20.4 Å². The van der Waals surface area contributed by atoms with Crippen LogP contribution in [-0.2, 0) is 6.54 Å². The second-order valence-electron chi connectivity index (χ2n) is 4.96. The van der Waals surface area contributed by atoms with Gasteiger partial charge in [-0.2, -0.15) is 0 Å². The van der Waals surface area contributed by atoms with Crippen molar-refractivity contribution in [1.29, 1.82) is 0 Å². The van der Waals surface area contributed by atoms with Crippen LogP contribution in [0, 0.1) is 13.8 Å². The molecule has 1 aromatic carbocycles. The van der Waals surface area contributed by atoms with E-state index in [1.54, 1.807) is 4.52 Å². The number of benzene rings is 1. The molecule has 0 aliphatic carbocycles. The molecule has 3 rings (SSSR count). The van der Waals surface area contributed by atoms with E-state index >= 15 is 0 Å². The van der Waals surface area contributed by atoms with Crippen LogP contribution < -0.4 is 11.1 Å². The van der Waals surface area contributed by atoms with E-state index in [1.807, 2.05) is 18.3 Å². The van der Waals surface area contributed by atoms with Crippen LogP contribution in [-0.4, -0.2) is 14.6 Å². The Morgan fingerprint density at radius 3 is 2.60 bits per heavy atom. The van der Waals surface area contributed by atoms with Crippen molar-refractivity contribution in [1.82, 2.24) is 14.6 Å². The maximum atomic E-state index is 5.59. The minimum atomic E-state index is 0.420. The number of nitrogens with one attached hydrogen (secondary N) is 1. The summed E-state index contributed by atoms with van der Waals surface area (Å²) >= 11 is 0. The first-order valence-electron chi connectivity index (χ1n) is 6.55. The van der Waals surface area contributed by atoms with Crippen LogP contribution in [0.15, 0.2) is 36.5 Å². The fourth-order valence-electron chi connectivity index (χ4n) is 2.29. The van der Waals surface area contributed by atoms with Crippen LogP contribution >= 0.6 is 0 Å². The van der Waals surface area contributed by atoms with Gasteiger partial charge in [0.2, 0.25) is 0 Å². The van der Waals surface area contributed by atoms with Crippen LogP contribution in [0.4, 0.5) is 11.5 Å². The molecule has 0 spiro atoms. The van der Waals surface area contributed by atoms with Gasteiger partial charge < -0.3 is 11.1 Å². The summed E-state index contributed by atoms with van der Waals surface area (Å²) in [6.45, 7) is 4.58. The van der Waals surface area contributed by atoms with Gasteiger partial charge >= 0.3 is 0 Å². The molecule has 0 amide bonds. The number of aryl methyl sites for hydroxylation is 2. The molecule has 0 saturated carbocycles. The highest BCUT2D eigenvalue weighted by molar-refractivity contribution is 5.59. The molecule has 0 radical (unpaired) electrons. The van der Waals surface area contributed by atoms with Crippen LogP contribution in [0.2, 0.25) is 0 Å². The Labute approximate surface area is 117 Å². The molecule has 3 N–H and O–H groups in total. The summed E-state index contributed by atoms with van der Waals surface area (Å²) in [5.74, 6) is 0.781. The molecule has 102 valence electrons. The molecule has 0 bridgehead atoms. The van der Waals surface area contributed by atoms with Crippen molar-refractivity contribution < 1.29 is 0 Å². The van der Waals surface area contributed by atoms with E-state index in [4.69, 9.17) is 5.73 Å². The monoisotopic (exact) mass is 267 g/mol. The van der Waals surface area contributed by atoms with Crippen LogP contribution in [0.25, 0.3) is 5.65 Å². The smallest absolute Gasteiger partial charge is 0.153 e. The van der Waals surface area contributed by atoms with E-state index in [9.17, 15) is 0 Å². The summed E-state index contributed by atoms with van der Waals surface area (Å²) in [7, 11) is 0. The zero-order valence-corrected chi connectivity index (χ0v) is 11.6. The number of rotatable bonds is 3. The van der Waals surface area contributed by atoms with Gasteiger partial charge in [-0.15, -0.1) is 5.10 Å². The number of nitrogens with two attached hydrogens (primary N) is 1. The molecule has 3 aromatic rings. The molecule has 0 aliphatic heterocycles. The molecule has 5 heteroatoms. The third-order valence-electron chi connectivity index (χ3n) is 3.07. The molecule has 2 aromatic heterocycles. The molecule has 0 unspecified atom stereocenters. The molecule has 0 aliphatic rings. The van der Waals surface area contributed by atoms with Crippen molar-refractivity contribution in [3.63, 3.8) is 0 Å².